The molecule has 0 unspecified atom stereocenters. The molecule has 1 aliphatic rings. The lowest BCUT2D eigenvalue weighted by Gasteiger charge is -2.22. The summed E-state index contributed by atoms with van der Waals surface area (Å²) < 4.78 is 2.02. The van der Waals surface area contributed by atoms with Crippen LogP contribution in [0.4, 0.5) is 0 Å². The fraction of sp³-hybridized carbons (Fsp3) is 0.273. The van der Waals surface area contributed by atoms with Crippen molar-refractivity contribution >= 4 is 5.97 Å². The van der Waals surface area contributed by atoms with Crippen LogP contribution in [-0.4, -0.2) is 25.6 Å². The van der Waals surface area contributed by atoms with Crippen LogP contribution >= 0.6 is 0 Å². The van der Waals surface area contributed by atoms with Gasteiger partial charge in [0.1, 0.15) is 5.82 Å². The van der Waals surface area contributed by atoms with Crippen molar-refractivity contribution in [1.82, 2.24) is 14.5 Å². The second kappa shape index (κ2) is 2.98. The van der Waals surface area contributed by atoms with Gasteiger partial charge in [0.2, 0.25) is 0 Å². The first-order valence-corrected chi connectivity index (χ1v) is 5.15. The molecule has 0 spiro atoms. The molecule has 0 saturated heterocycles. The number of H-pyrrole nitrogens is 1. The van der Waals surface area contributed by atoms with Gasteiger partial charge in [0.05, 0.1) is 11.1 Å². The summed E-state index contributed by atoms with van der Waals surface area (Å²) in [5.74, 6) is -0.172. The number of rotatable bonds is 1. The van der Waals surface area contributed by atoms with Gasteiger partial charge >= 0.3 is 5.97 Å². The van der Waals surface area contributed by atoms with Crippen LogP contribution in [0.15, 0.2) is 18.6 Å². The number of carbonyl (C=O) groups is 1. The Hall–Kier alpha value is -2.04. The number of hydrogen-bond acceptors (Lipinski definition) is 2. The van der Waals surface area contributed by atoms with Gasteiger partial charge < -0.3 is 14.7 Å². The zero-order valence-corrected chi connectivity index (χ0v) is 8.77. The summed E-state index contributed by atoms with van der Waals surface area (Å²) in [7, 11) is 0. The van der Waals surface area contributed by atoms with Gasteiger partial charge in [0.25, 0.3) is 0 Å². The van der Waals surface area contributed by atoms with Crippen molar-refractivity contribution in [3.63, 3.8) is 0 Å². The number of nitrogens with one attached hydrogen (secondary N) is 1. The summed E-state index contributed by atoms with van der Waals surface area (Å²) in [6.07, 6.45) is 5.96. The summed E-state index contributed by atoms with van der Waals surface area (Å²) in [6.45, 7) is 2.09. The highest BCUT2D eigenvalue weighted by molar-refractivity contribution is 5.96. The number of fused-ring (bicyclic) bond motifs is 3. The molecule has 82 valence electrons. The Morgan fingerprint density at radius 1 is 1.69 bits per heavy atom. The summed E-state index contributed by atoms with van der Waals surface area (Å²) in [5, 5.41) is 9.10. The summed E-state index contributed by atoms with van der Waals surface area (Å²) in [6, 6.07) is 0.310. The van der Waals surface area contributed by atoms with E-state index in [-0.39, 0.29) is 0 Å². The summed E-state index contributed by atoms with van der Waals surface area (Å²) in [4.78, 5) is 18.4. The number of carboxylic acid groups (broad SMARTS) is 1. The number of carboxylic acids is 1. The van der Waals surface area contributed by atoms with Crippen LogP contribution in [-0.2, 0) is 6.42 Å². The Balaban J connectivity index is 2.29. The van der Waals surface area contributed by atoms with E-state index in [1.165, 1.54) is 0 Å². The number of hydrogen-bond donors (Lipinski definition) is 2. The second-order valence-corrected chi connectivity index (χ2v) is 4.07. The molecule has 0 aliphatic carbocycles. The standard InChI is InChI=1S/C11H11N3O2/c1-6-4-8-9(7(5-13-8)11(15)16)10-12-2-3-14(6)10/h2-3,5-6,13H,4H2,1H3,(H,15,16)/t6-/m0/s1. The second-order valence-electron chi connectivity index (χ2n) is 4.07. The average Bonchev–Trinajstić information content (AvgIpc) is 2.80. The quantitative estimate of drug-likeness (QED) is 0.763. The third-order valence-corrected chi connectivity index (χ3v) is 3.06. The molecule has 0 fully saturated rings. The van der Waals surface area contributed by atoms with Crippen molar-refractivity contribution < 1.29 is 9.90 Å². The lowest BCUT2D eigenvalue weighted by Crippen LogP contribution is -2.16. The molecule has 3 rings (SSSR count). The van der Waals surface area contributed by atoms with E-state index in [0.717, 1.165) is 23.5 Å². The smallest absolute Gasteiger partial charge is 0.337 e. The third kappa shape index (κ3) is 1.05. The van der Waals surface area contributed by atoms with Crippen molar-refractivity contribution in [3.8, 4) is 11.4 Å². The number of aromatic carboxylic acids is 1. The summed E-state index contributed by atoms with van der Waals surface area (Å²) in [5.41, 5.74) is 1.99. The van der Waals surface area contributed by atoms with Crippen LogP contribution in [0.1, 0.15) is 29.0 Å². The van der Waals surface area contributed by atoms with Crippen molar-refractivity contribution in [2.24, 2.45) is 0 Å². The van der Waals surface area contributed by atoms with Gasteiger partial charge in [-0.2, -0.15) is 0 Å². The average molecular weight is 217 g/mol. The SMILES string of the molecule is C[C@H]1Cc2[nH]cc(C(=O)O)c2-c2nccn21. The molecule has 5 nitrogen and oxygen atoms in total. The van der Waals surface area contributed by atoms with Gasteiger partial charge in [0, 0.05) is 36.7 Å². The topological polar surface area (TPSA) is 70.9 Å². The highest BCUT2D eigenvalue weighted by Crippen LogP contribution is 2.35. The highest BCUT2D eigenvalue weighted by atomic mass is 16.4. The molecular weight excluding hydrogens is 206 g/mol. The van der Waals surface area contributed by atoms with E-state index in [0.29, 0.717) is 11.6 Å². The molecule has 0 amide bonds. The molecule has 0 bridgehead atoms. The normalized spacial score (nSPS) is 17.9. The molecule has 0 radical (unpaired) electrons. The fourth-order valence-corrected chi connectivity index (χ4v) is 2.31. The van der Waals surface area contributed by atoms with Crippen molar-refractivity contribution in [2.75, 3.05) is 0 Å². The van der Waals surface area contributed by atoms with Crippen LogP contribution in [0.25, 0.3) is 11.4 Å². The molecule has 2 aromatic rings. The van der Waals surface area contributed by atoms with Crippen LogP contribution in [0.3, 0.4) is 0 Å². The minimum Gasteiger partial charge on any atom is -0.478 e. The van der Waals surface area contributed by atoms with Crippen LogP contribution in [0.2, 0.25) is 0 Å². The molecular formula is C11H11N3O2. The highest BCUT2D eigenvalue weighted by Gasteiger charge is 2.28. The zero-order valence-electron chi connectivity index (χ0n) is 8.77. The number of nitrogens with zero attached hydrogens (tertiary/aromatic N) is 2. The van der Waals surface area contributed by atoms with Crippen molar-refractivity contribution in [1.29, 1.82) is 0 Å². The molecule has 0 aromatic carbocycles. The van der Waals surface area contributed by atoms with Crippen molar-refractivity contribution in [2.45, 2.75) is 19.4 Å². The minimum atomic E-state index is -0.915. The van der Waals surface area contributed by atoms with E-state index < -0.39 is 5.97 Å². The van der Waals surface area contributed by atoms with Gasteiger partial charge in [-0.1, -0.05) is 0 Å². The predicted octanol–water partition coefficient (Wildman–Crippen LogP) is 1.69. The largest absolute Gasteiger partial charge is 0.478 e. The molecule has 2 N–H and O–H groups in total. The maximum Gasteiger partial charge on any atom is 0.337 e. The lowest BCUT2D eigenvalue weighted by atomic mass is 10.0. The van der Waals surface area contributed by atoms with Gasteiger partial charge in [-0.05, 0) is 6.92 Å². The maximum atomic E-state index is 11.1. The first-order valence-electron chi connectivity index (χ1n) is 5.15. The molecule has 1 atom stereocenters. The number of aromatic nitrogens is 3. The van der Waals surface area contributed by atoms with E-state index >= 15 is 0 Å². The van der Waals surface area contributed by atoms with Gasteiger partial charge in [-0.15, -0.1) is 0 Å². The van der Waals surface area contributed by atoms with E-state index in [9.17, 15) is 4.79 Å². The minimum absolute atomic E-state index is 0.300. The van der Waals surface area contributed by atoms with E-state index in [1.807, 2.05) is 10.8 Å². The Bertz CT molecular complexity index is 568. The summed E-state index contributed by atoms with van der Waals surface area (Å²) >= 11 is 0. The Morgan fingerprint density at radius 3 is 3.25 bits per heavy atom. The molecule has 1 aliphatic heterocycles. The van der Waals surface area contributed by atoms with E-state index in [4.69, 9.17) is 5.11 Å². The monoisotopic (exact) mass is 217 g/mol. The first kappa shape index (κ1) is 9.21. The Labute approximate surface area is 91.7 Å². The number of imidazole rings is 1. The predicted molar refractivity (Wildman–Crippen MR) is 57.4 cm³/mol. The molecule has 3 heterocycles. The Kier molecular flexibility index (Phi) is 1.71. The Morgan fingerprint density at radius 2 is 2.50 bits per heavy atom. The van der Waals surface area contributed by atoms with Gasteiger partial charge in [0.15, 0.2) is 0 Å². The van der Waals surface area contributed by atoms with Crippen LogP contribution in [0.5, 0.6) is 0 Å². The maximum absolute atomic E-state index is 11.1. The zero-order chi connectivity index (χ0) is 11.3. The van der Waals surface area contributed by atoms with Gasteiger partial charge in [-0.3, -0.25) is 0 Å². The van der Waals surface area contributed by atoms with Gasteiger partial charge in [-0.25, -0.2) is 9.78 Å². The first-order chi connectivity index (χ1) is 7.68. The molecule has 2 aromatic heterocycles. The number of aromatic amines is 1. The van der Waals surface area contributed by atoms with E-state index in [1.54, 1.807) is 12.4 Å². The molecule has 5 heteroatoms. The third-order valence-electron chi connectivity index (χ3n) is 3.06. The van der Waals surface area contributed by atoms with E-state index in [2.05, 4.69) is 16.9 Å². The molecule has 16 heavy (non-hydrogen) atoms. The van der Waals surface area contributed by atoms with Crippen molar-refractivity contribution in [3.05, 3.63) is 29.8 Å². The van der Waals surface area contributed by atoms with Crippen LogP contribution < -0.4 is 0 Å². The van der Waals surface area contributed by atoms with Crippen LogP contribution in [0, 0.1) is 0 Å². The fourth-order valence-electron chi connectivity index (χ4n) is 2.31. The lowest BCUT2D eigenvalue weighted by molar-refractivity contribution is 0.0697. The molecule has 0 saturated carbocycles.